The van der Waals surface area contributed by atoms with E-state index in [0.29, 0.717) is 11.5 Å². The van der Waals surface area contributed by atoms with Crippen LogP contribution in [0.25, 0.3) is 6.08 Å². The molecule has 1 aromatic rings. The van der Waals surface area contributed by atoms with Gasteiger partial charge >= 0.3 is 0 Å². The van der Waals surface area contributed by atoms with Crippen LogP contribution in [-0.4, -0.2) is 12.5 Å². The molecule has 1 heterocycles. The van der Waals surface area contributed by atoms with E-state index in [1.807, 2.05) is 0 Å². The summed E-state index contributed by atoms with van der Waals surface area (Å²) in [6.07, 6.45) is 3.26. The van der Waals surface area contributed by atoms with Gasteiger partial charge in [-0.1, -0.05) is 0 Å². The van der Waals surface area contributed by atoms with Gasteiger partial charge in [0.2, 0.25) is 5.91 Å². The van der Waals surface area contributed by atoms with Gasteiger partial charge in [-0.05, 0) is 12.1 Å². The lowest BCUT2D eigenvalue weighted by Crippen LogP contribution is -2.24. The first-order valence-corrected chi connectivity index (χ1v) is 3.94. The average Bonchev–Trinajstić information content (AvgIpc) is 2.55. The second-order valence-electron chi connectivity index (χ2n) is 2.57. The third-order valence-corrected chi connectivity index (χ3v) is 1.42. The van der Waals surface area contributed by atoms with Gasteiger partial charge in [-0.2, -0.15) is 0 Å². The minimum absolute atomic E-state index is 0.136. The third kappa shape index (κ3) is 3.13. The first-order chi connectivity index (χ1) is 6.22. The molecule has 0 fully saturated rings. The molecule has 0 unspecified atom stereocenters. The molecule has 0 aliphatic heterocycles. The monoisotopic (exact) mass is 180 g/mol. The minimum atomic E-state index is -0.136. The van der Waals surface area contributed by atoms with Gasteiger partial charge in [-0.25, -0.2) is 0 Å². The number of carbonyl (C=O) groups is 1. The van der Waals surface area contributed by atoms with Crippen molar-refractivity contribution >= 4 is 12.0 Å². The minimum Gasteiger partial charge on any atom is -0.465 e. The van der Waals surface area contributed by atoms with Crippen LogP contribution in [0, 0.1) is 0 Å². The molecule has 0 aliphatic carbocycles. The van der Waals surface area contributed by atoms with Gasteiger partial charge in [0.05, 0.1) is 6.26 Å². The van der Waals surface area contributed by atoms with Gasteiger partial charge in [0.15, 0.2) is 0 Å². The lowest BCUT2D eigenvalue weighted by atomic mass is 10.3. The molecular weight excluding hydrogens is 168 g/mol. The van der Waals surface area contributed by atoms with Crippen molar-refractivity contribution in [2.75, 3.05) is 6.54 Å². The van der Waals surface area contributed by atoms with Crippen molar-refractivity contribution in [2.45, 2.75) is 6.92 Å². The molecule has 1 amide bonds. The van der Waals surface area contributed by atoms with E-state index < -0.39 is 0 Å². The highest BCUT2D eigenvalue weighted by Crippen LogP contribution is 2.04. The number of nitrogens with one attached hydrogen (secondary N) is 1. The van der Waals surface area contributed by atoms with Crippen LogP contribution in [0.1, 0.15) is 12.7 Å². The molecular formula is C9H12N2O2. The maximum absolute atomic E-state index is 10.7. The zero-order chi connectivity index (χ0) is 9.68. The molecule has 13 heavy (non-hydrogen) atoms. The third-order valence-electron chi connectivity index (χ3n) is 1.42. The van der Waals surface area contributed by atoms with Crippen LogP contribution < -0.4 is 11.1 Å². The molecule has 0 bridgehead atoms. The first kappa shape index (κ1) is 9.54. The number of carbonyl (C=O) groups excluding carboxylic acids is 1. The maximum atomic E-state index is 10.7. The van der Waals surface area contributed by atoms with Gasteiger partial charge in [0, 0.05) is 25.2 Å². The quantitative estimate of drug-likeness (QED) is 0.720. The van der Waals surface area contributed by atoms with Crippen molar-refractivity contribution in [3.8, 4) is 0 Å². The summed E-state index contributed by atoms with van der Waals surface area (Å²) >= 11 is 0. The van der Waals surface area contributed by atoms with Crippen molar-refractivity contribution in [1.29, 1.82) is 0 Å². The van der Waals surface area contributed by atoms with Gasteiger partial charge in [-0.15, -0.1) is 0 Å². The molecule has 3 N–H and O–H groups in total. The Morgan fingerprint density at radius 2 is 2.54 bits per heavy atom. The van der Waals surface area contributed by atoms with Crippen molar-refractivity contribution in [2.24, 2.45) is 5.73 Å². The Kier molecular flexibility index (Phi) is 3.28. The zero-order valence-corrected chi connectivity index (χ0v) is 7.41. The number of hydrogen-bond acceptors (Lipinski definition) is 3. The van der Waals surface area contributed by atoms with E-state index in [9.17, 15) is 4.79 Å². The zero-order valence-electron chi connectivity index (χ0n) is 7.41. The Morgan fingerprint density at radius 1 is 1.77 bits per heavy atom. The molecule has 4 nitrogen and oxygen atoms in total. The number of rotatable bonds is 3. The second kappa shape index (κ2) is 4.47. The van der Waals surface area contributed by atoms with E-state index in [0.717, 1.165) is 0 Å². The molecule has 0 spiro atoms. The van der Waals surface area contributed by atoms with E-state index in [1.165, 1.54) is 6.92 Å². The van der Waals surface area contributed by atoms with E-state index in [2.05, 4.69) is 5.32 Å². The highest BCUT2D eigenvalue weighted by Gasteiger charge is 1.98. The number of furan rings is 1. The van der Waals surface area contributed by atoms with Crippen LogP contribution in [0.15, 0.2) is 28.5 Å². The van der Waals surface area contributed by atoms with Crippen molar-refractivity contribution < 1.29 is 9.21 Å². The van der Waals surface area contributed by atoms with E-state index in [-0.39, 0.29) is 12.5 Å². The summed E-state index contributed by atoms with van der Waals surface area (Å²) in [6, 6.07) is 3.56. The fourth-order valence-electron chi connectivity index (χ4n) is 0.917. The predicted molar refractivity (Wildman–Crippen MR) is 49.6 cm³/mol. The van der Waals surface area contributed by atoms with Gasteiger partial charge in [-0.3, -0.25) is 4.79 Å². The summed E-state index contributed by atoms with van der Waals surface area (Å²) in [6.45, 7) is 1.71. The molecule has 0 radical (unpaired) electrons. The van der Waals surface area contributed by atoms with E-state index in [1.54, 1.807) is 24.5 Å². The first-order valence-electron chi connectivity index (χ1n) is 3.94. The molecule has 1 aromatic heterocycles. The second-order valence-corrected chi connectivity index (χ2v) is 2.57. The Balaban J connectivity index is 2.71. The molecule has 0 atom stereocenters. The van der Waals surface area contributed by atoms with Crippen LogP contribution in [0.4, 0.5) is 0 Å². The summed E-state index contributed by atoms with van der Waals surface area (Å²) in [4.78, 5) is 10.7. The van der Waals surface area contributed by atoms with Crippen LogP contribution >= 0.6 is 0 Å². The number of amides is 1. The van der Waals surface area contributed by atoms with Gasteiger partial charge < -0.3 is 15.5 Å². The summed E-state index contributed by atoms with van der Waals surface area (Å²) in [5.41, 5.74) is 6.05. The summed E-state index contributed by atoms with van der Waals surface area (Å²) in [5.74, 6) is 0.539. The van der Waals surface area contributed by atoms with Crippen molar-refractivity contribution in [3.63, 3.8) is 0 Å². The Labute approximate surface area is 76.4 Å². The maximum Gasteiger partial charge on any atom is 0.221 e. The van der Waals surface area contributed by atoms with E-state index >= 15 is 0 Å². The largest absolute Gasteiger partial charge is 0.465 e. The summed E-state index contributed by atoms with van der Waals surface area (Å²) in [7, 11) is 0. The fourth-order valence-corrected chi connectivity index (χ4v) is 0.917. The molecule has 0 aromatic carbocycles. The Bertz CT molecular complexity index is 301. The van der Waals surface area contributed by atoms with Crippen LogP contribution in [0.3, 0.4) is 0 Å². The topological polar surface area (TPSA) is 68.3 Å². The highest BCUT2D eigenvalue weighted by molar-refractivity contribution is 5.76. The molecule has 1 rings (SSSR count). The molecule has 70 valence electrons. The van der Waals surface area contributed by atoms with Crippen LogP contribution in [0.2, 0.25) is 0 Å². The predicted octanol–water partition coefficient (Wildman–Crippen LogP) is 0.715. The SMILES string of the molecule is CC(=O)N/C(=C\c1ccco1)CN. The number of nitrogens with two attached hydrogens (primary N) is 1. The lowest BCUT2D eigenvalue weighted by Gasteiger charge is -2.03. The normalized spacial score (nSPS) is 11.4. The van der Waals surface area contributed by atoms with Crippen molar-refractivity contribution in [3.05, 3.63) is 29.9 Å². The molecule has 0 saturated heterocycles. The van der Waals surface area contributed by atoms with Gasteiger partial charge in [0.25, 0.3) is 0 Å². The highest BCUT2D eigenvalue weighted by atomic mass is 16.3. The summed E-state index contributed by atoms with van der Waals surface area (Å²) in [5, 5.41) is 2.60. The fraction of sp³-hybridized carbons (Fsp3) is 0.222. The number of hydrogen-bond donors (Lipinski definition) is 2. The lowest BCUT2D eigenvalue weighted by molar-refractivity contribution is -0.118. The van der Waals surface area contributed by atoms with Gasteiger partial charge in [0.1, 0.15) is 5.76 Å². The summed E-state index contributed by atoms with van der Waals surface area (Å²) < 4.78 is 5.06. The molecule has 0 aliphatic rings. The average molecular weight is 180 g/mol. The Hall–Kier alpha value is -1.55. The Morgan fingerprint density at radius 3 is 3.00 bits per heavy atom. The van der Waals surface area contributed by atoms with Crippen LogP contribution in [-0.2, 0) is 4.79 Å². The molecule has 4 heteroatoms. The van der Waals surface area contributed by atoms with Crippen molar-refractivity contribution in [1.82, 2.24) is 5.32 Å². The van der Waals surface area contributed by atoms with E-state index in [4.69, 9.17) is 10.2 Å². The smallest absolute Gasteiger partial charge is 0.221 e. The van der Waals surface area contributed by atoms with Crippen LogP contribution in [0.5, 0.6) is 0 Å². The standard InChI is InChI=1S/C9H12N2O2/c1-7(12)11-8(6-10)5-9-3-2-4-13-9/h2-5H,6,10H2,1H3,(H,11,12)/b8-5-. The molecule has 0 saturated carbocycles.